The molecule has 0 bridgehead atoms. The van der Waals surface area contributed by atoms with Gasteiger partial charge in [0.25, 0.3) is 0 Å². The number of halogens is 3. The summed E-state index contributed by atoms with van der Waals surface area (Å²) in [6.45, 7) is 4.54. The van der Waals surface area contributed by atoms with Crippen molar-refractivity contribution >= 4 is 11.6 Å². The van der Waals surface area contributed by atoms with Crippen LogP contribution in [0, 0.1) is 0 Å². The fourth-order valence-electron chi connectivity index (χ4n) is 1.99. The average Bonchev–Trinajstić information content (AvgIpc) is 2.46. The molecule has 3 nitrogen and oxygen atoms in total. The summed E-state index contributed by atoms with van der Waals surface area (Å²) in [5.41, 5.74) is -0.620. The van der Waals surface area contributed by atoms with Crippen LogP contribution in [0.15, 0.2) is 24.3 Å². The lowest BCUT2D eigenvalue weighted by atomic mass is 10.2. The van der Waals surface area contributed by atoms with E-state index in [-0.39, 0.29) is 11.6 Å². The molecule has 1 aromatic rings. The van der Waals surface area contributed by atoms with Gasteiger partial charge in [-0.15, -0.1) is 0 Å². The number of rotatable bonds is 8. The van der Waals surface area contributed by atoms with Gasteiger partial charge in [-0.3, -0.25) is 4.79 Å². The minimum atomic E-state index is -4.41. The number of benzene rings is 1. The number of carbonyl (C=O) groups excluding carboxylic acids is 1. The van der Waals surface area contributed by atoms with E-state index in [4.69, 9.17) is 0 Å². The molecule has 0 heterocycles. The van der Waals surface area contributed by atoms with Crippen molar-refractivity contribution in [1.82, 2.24) is 5.32 Å². The molecular formula is C16H23F3N2O. The zero-order valence-corrected chi connectivity index (χ0v) is 13.0. The van der Waals surface area contributed by atoms with Crippen molar-refractivity contribution in [2.75, 3.05) is 11.9 Å². The Morgan fingerprint density at radius 3 is 2.59 bits per heavy atom. The maximum absolute atomic E-state index is 12.6. The first-order valence-electron chi connectivity index (χ1n) is 7.56. The van der Waals surface area contributed by atoms with Gasteiger partial charge >= 0.3 is 6.18 Å². The van der Waals surface area contributed by atoms with Crippen LogP contribution in [0.4, 0.5) is 18.9 Å². The molecule has 0 radical (unpaired) electrons. The molecule has 124 valence electrons. The van der Waals surface area contributed by atoms with Crippen molar-refractivity contribution in [3.05, 3.63) is 29.8 Å². The minimum absolute atomic E-state index is 0.152. The predicted octanol–water partition coefficient (Wildman–Crippen LogP) is 4.20. The second kappa shape index (κ2) is 8.78. The Morgan fingerprint density at radius 2 is 1.95 bits per heavy atom. The quantitative estimate of drug-likeness (QED) is 0.706. The van der Waals surface area contributed by atoms with Crippen molar-refractivity contribution in [3.8, 4) is 0 Å². The molecule has 0 saturated carbocycles. The van der Waals surface area contributed by atoms with Crippen LogP contribution in [0.25, 0.3) is 0 Å². The maximum Gasteiger partial charge on any atom is 0.416 e. The Labute approximate surface area is 129 Å². The Morgan fingerprint density at radius 1 is 1.23 bits per heavy atom. The summed E-state index contributed by atoms with van der Waals surface area (Å²) < 4.78 is 37.8. The Balaban J connectivity index is 2.47. The second-order valence-electron chi connectivity index (χ2n) is 5.30. The third kappa shape index (κ3) is 6.47. The van der Waals surface area contributed by atoms with Crippen LogP contribution in [0.2, 0.25) is 0 Å². The zero-order chi connectivity index (χ0) is 16.6. The Hall–Kier alpha value is -1.56. The van der Waals surface area contributed by atoms with Gasteiger partial charge in [-0.25, -0.2) is 0 Å². The van der Waals surface area contributed by atoms with Gasteiger partial charge in [0.15, 0.2) is 0 Å². The van der Waals surface area contributed by atoms with E-state index in [1.807, 2.05) is 0 Å². The summed E-state index contributed by atoms with van der Waals surface area (Å²) >= 11 is 0. The molecule has 0 spiro atoms. The van der Waals surface area contributed by atoms with Crippen LogP contribution in [0.3, 0.4) is 0 Å². The molecule has 6 heteroatoms. The Bertz CT molecular complexity index is 475. The highest BCUT2D eigenvalue weighted by molar-refractivity contribution is 5.94. The van der Waals surface area contributed by atoms with Crippen molar-refractivity contribution in [1.29, 1.82) is 0 Å². The van der Waals surface area contributed by atoms with E-state index < -0.39 is 17.8 Å². The monoisotopic (exact) mass is 316 g/mol. The number of alkyl halides is 3. The molecule has 1 atom stereocenters. The molecule has 1 rings (SSSR count). The van der Waals surface area contributed by atoms with Gasteiger partial charge in [0, 0.05) is 5.69 Å². The number of amides is 1. The molecular weight excluding hydrogens is 293 g/mol. The standard InChI is InChI=1S/C16H23F3N2O/c1-3-4-5-6-10-20-12(2)15(22)21-14-9-7-8-13(11-14)16(17,18)19/h7-9,11-12,20H,3-6,10H2,1-2H3,(H,21,22). The highest BCUT2D eigenvalue weighted by atomic mass is 19.4. The van der Waals surface area contributed by atoms with Gasteiger partial charge < -0.3 is 10.6 Å². The fourth-order valence-corrected chi connectivity index (χ4v) is 1.99. The van der Waals surface area contributed by atoms with Gasteiger partial charge in [-0.2, -0.15) is 13.2 Å². The molecule has 0 aliphatic rings. The first-order valence-corrected chi connectivity index (χ1v) is 7.56. The van der Waals surface area contributed by atoms with Crippen LogP contribution >= 0.6 is 0 Å². The molecule has 1 aromatic carbocycles. The van der Waals surface area contributed by atoms with Gasteiger partial charge in [0.1, 0.15) is 0 Å². The maximum atomic E-state index is 12.6. The highest BCUT2D eigenvalue weighted by Gasteiger charge is 2.30. The lowest BCUT2D eigenvalue weighted by Crippen LogP contribution is -2.38. The van der Waals surface area contributed by atoms with E-state index in [0.717, 1.165) is 44.4 Å². The first kappa shape index (κ1) is 18.5. The number of hydrogen-bond donors (Lipinski definition) is 2. The fraction of sp³-hybridized carbons (Fsp3) is 0.562. The number of anilines is 1. The molecule has 1 amide bonds. The SMILES string of the molecule is CCCCCCNC(C)C(=O)Nc1cccc(C(F)(F)F)c1. The summed E-state index contributed by atoms with van der Waals surface area (Å²) in [5, 5.41) is 5.58. The summed E-state index contributed by atoms with van der Waals surface area (Å²) in [5.74, 6) is -0.338. The first-order chi connectivity index (χ1) is 10.3. The van der Waals surface area contributed by atoms with Crippen LogP contribution < -0.4 is 10.6 Å². The summed E-state index contributed by atoms with van der Waals surface area (Å²) in [7, 11) is 0. The lowest BCUT2D eigenvalue weighted by Gasteiger charge is -2.15. The summed E-state index contributed by atoms with van der Waals surface area (Å²) in [4.78, 5) is 11.9. The molecule has 0 fully saturated rings. The number of unbranched alkanes of at least 4 members (excludes halogenated alkanes) is 3. The number of hydrogen-bond acceptors (Lipinski definition) is 2. The molecule has 0 aliphatic heterocycles. The number of nitrogens with one attached hydrogen (secondary N) is 2. The van der Waals surface area contributed by atoms with Crippen LogP contribution in [0.5, 0.6) is 0 Å². The van der Waals surface area contributed by atoms with E-state index in [2.05, 4.69) is 17.6 Å². The summed E-state index contributed by atoms with van der Waals surface area (Å²) in [6.07, 6.45) is -0.0254. The predicted molar refractivity (Wildman–Crippen MR) is 81.7 cm³/mol. The molecule has 0 saturated heterocycles. The van der Waals surface area contributed by atoms with E-state index in [1.165, 1.54) is 12.1 Å². The van der Waals surface area contributed by atoms with Crippen molar-refractivity contribution in [3.63, 3.8) is 0 Å². The van der Waals surface area contributed by atoms with Crippen molar-refractivity contribution < 1.29 is 18.0 Å². The lowest BCUT2D eigenvalue weighted by molar-refractivity contribution is -0.137. The summed E-state index contributed by atoms with van der Waals surface area (Å²) in [6, 6.07) is 4.19. The number of carbonyl (C=O) groups is 1. The normalized spacial score (nSPS) is 13.0. The molecule has 2 N–H and O–H groups in total. The van der Waals surface area contributed by atoms with Crippen LogP contribution in [-0.4, -0.2) is 18.5 Å². The van der Waals surface area contributed by atoms with E-state index in [0.29, 0.717) is 0 Å². The molecule has 0 aromatic heterocycles. The van der Waals surface area contributed by atoms with Gasteiger partial charge in [-0.05, 0) is 38.1 Å². The molecule has 1 unspecified atom stereocenters. The van der Waals surface area contributed by atoms with E-state index >= 15 is 0 Å². The minimum Gasteiger partial charge on any atom is -0.325 e. The van der Waals surface area contributed by atoms with Gasteiger partial charge in [0.05, 0.1) is 11.6 Å². The van der Waals surface area contributed by atoms with Gasteiger partial charge in [0.2, 0.25) is 5.91 Å². The highest BCUT2D eigenvalue weighted by Crippen LogP contribution is 2.30. The topological polar surface area (TPSA) is 41.1 Å². The Kier molecular flexibility index (Phi) is 7.38. The molecule has 0 aliphatic carbocycles. The third-order valence-electron chi connectivity index (χ3n) is 3.33. The third-order valence-corrected chi connectivity index (χ3v) is 3.33. The average molecular weight is 316 g/mol. The van der Waals surface area contributed by atoms with Crippen molar-refractivity contribution in [2.24, 2.45) is 0 Å². The van der Waals surface area contributed by atoms with E-state index in [9.17, 15) is 18.0 Å². The van der Waals surface area contributed by atoms with Crippen molar-refractivity contribution in [2.45, 2.75) is 51.7 Å². The van der Waals surface area contributed by atoms with E-state index in [1.54, 1.807) is 6.92 Å². The van der Waals surface area contributed by atoms with Crippen LogP contribution in [-0.2, 0) is 11.0 Å². The molecule has 22 heavy (non-hydrogen) atoms. The van der Waals surface area contributed by atoms with Gasteiger partial charge in [-0.1, -0.05) is 32.3 Å². The van der Waals surface area contributed by atoms with Crippen LogP contribution in [0.1, 0.15) is 45.1 Å². The smallest absolute Gasteiger partial charge is 0.325 e. The largest absolute Gasteiger partial charge is 0.416 e. The second-order valence-corrected chi connectivity index (χ2v) is 5.30. The zero-order valence-electron chi connectivity index (χ0n) is 13.0.